The summed E-state index contributed by atoms with van der Waals surface area (Å²) in [5.74, 6) is 1.73. The second-order valence-electron chi connectivity index (χ2n) is 4.75. The molecule has 0 amide bonds. The van der Waals surface area contributed by atoms with Gasteiger partial charge >= 0.3 is 0 Å². The van der Waals surface area contributed by atoms with E-state index < -0.39 is 0 Å². The molecule has 0 fully saturated rings. The van der Waals surface area contributed by atoms with Crippen LogP contribution in [0.1, 0.15) is 0 Å². The molecule has 0 unspecified atom stereocenters. The van der Waals surface area contributed by atoms with Crippen LogP contribution in [0.2, 0.25) is 0 Å². The summed E-state index contributed by atoms with van der Waals surface area (Å²) in [7, 11) is 1.06. The van der Waals surface area contributed by atoms with Gasteiger partial charge in [0, 0.05) is 10.2 Å². The van der Waals surface area contributed by atoms with E-state index in [1.54, 1.807) is 0 Å². The Kier molecular flexibility index (Phi) is 3.66. The molecule has 3 aromatic rings. The summed E-state index contributed by atoms with van der Waals surface area (Å²) in [4.78, 5) is 0. The van der Waals surface area contributed by atoms with Crippen molar-refractivity contribution in [2.45, 2.75) is 0 Å². The molecule has 1 nitrogen and oxygen atoms in total. The minimum Gasteiger partial charge on any atom is -0.457 e. The average Bonchev–Trinajstić information content (AvgIpc) is 2.50. The molecule has 0 N–H and O–H groups in total. The molecular formula is C18H16OSi. The zero-order valence-electron chi connectivity index (χ0n) is 11.4. The summed E-state index contributed by atoms with van der Waals surface area (Å²) in [5.41, 5.74) is 2.57. The molecule has 0 aliphatic carbocycles. The Morgan fingerprint density at radius 3 is 1.90 bits per heavy atom. The molecule has 98 valence electrons. The molecule has 0 heterocycles. The second kappa shape index (κ2) is 5.76. The van der Waals surface area contributed by atoms with Gasteiger partial charge in [-0.25, -0.2) is 0 Å². The van der Waals surface area contributed by atoms with Gasteiger partial charge in [0.25, 0.3) is 0 Å². The molecule has 0 saturated carbocycles. The first-order valence-corrected chi connectivity index (χ1v) is 7.72. The van der Waals surface area contributed by atoms with Gasteiger partial charge in [-0.1, -0.05) is 59.8 Å². The SMILES string of the molecule is [SiH3]c1ccccc1-c1ccc(Oc2ccccc2)cc1. The van der Waals surface area contributed by atoms with Gasteiger partial charge in [0.05, 0.1) is 0 Å². The van der Waals surface area contributed by atoms with E-state index in [1.165, 1.54) is 16.3 Å². The molecule has 0 aliphatic rings. The lowest BCUT2D eigenvalue weighted by atomic mass is 10.1. The maximum absolute atomic E-state index is 5.81. The summed E-state index contributed by atoms with van der Waals surface area (Å²) in [6, 6.07) is 26.7. The fourth-order valence-corrected chi connectivity index (χ4v) is 2.87. The van der Waals surface area contributed by atoms with Crippen LogP contribution in [0.15, 0.2) is 78.9 Å². The first-order valence-electron chi connectivity index (χ1n) is 6.72. The van der Waals surface area contributed by atoms with E-state index in [1.807, 2.05) is 42.5 Å². The number of benzene rings is 3. The fraction of sp³-hybridized carbons (Fsp3) is 0. The third kappa shape index (κ3) is 2.81. The van der Waals surface area contributed by atoms with Crippen molar-refractivity contribution in [1.82, 2.24) is 0 Å². The van der Waals surface area contributed by atoms with E-state index >= 15 is 0 Å². The van der Waals surface area contributed by atoms with Crippen molar-refractivity contribution in [3.8, 4) is 22.6 Å². The van der Waals surface area contributed by atoms with E-state index in [4.69, 9.17) is 4.74 Å². The van der Waals surface area contributed by atoms with Crippen LogP contribution in [-0.4, -0.2) is 10.2 Å². The van der Waals surface area contributed by atoms with Gasteiger partial charge in [-0.3, -0.25) is 0 Å². The summed E-state index contributed by atoms with van der Waals surface area (Å²) < 4.78 is 5.81. The van der Waals surface area contributed by atoms with Crippen molar-refractivity contribution in [3.63, 3.8) is 0 Å². The Bertz CT molecular complexity index is 690. The van der Waals surface area contributed by atoms with Gasteiger partial charge < -0.3 is 4.74 Å². The molecule has 0 aromatic heterocycles. The Morgan fingerprint density at radius 1 is 0.600 bits per heavy atom. The Morgan fingerprint density at radius 2 is 1.20 bits per heavy atom. The van der Waals surface area contributed by atoms with Gasteiger partial charge in [-0.05, 0) is 35.4 Å². The van der Waals surface area contributed by atoms with Crippen molar-refractivity contribution in [2.24, 2.45) is 0 Å². The number of ether oxygens (including phenoxy) is 1. The molecule has 0 bridgehead atoms. The molecule has 0 spiro atoms. The van der Waals surface area contributed by atoms with Gasteiger partial charge in [0.1, 0.15) is 11.5 Å². The van der Waals surface area contributed by atoms with Crippen LogP contribution in [-0.2, 0) is 0 Å². The van der Waals surface area contributed by atoms with Gasteiger partial charge in [0.15, 0.2) is 0 Å². The van der Waals surface area contributed by atoms with Gasteiger partial charge in [-0.15, -0.1) is 0 Å². The average molecular weight is 276 g/mol. The van der Waals surface area contributed by atoms with Crippen molar-refractivity contribution < 1.29 is 4.74 Å². The molecule has 3 aromatic carbocycles. The number of para-hydroxylation sites is 1. The molecular weight excluding hydrogens is 260 g/mol. The van der Waals surface area contributed by atoms with Crippen LogP contribution in [0, 0.1) is 0 Å². The minimum atomic E-state index is 0.864. The molecule has 2 heteroatoms. The largest absolute Gasteiger partial charge is 0.457 e. The van der Waals surface area contributed by atoms with Crippen molar-refractivity contribution >= 4 is 15.4 Å². The van der Waals surface area contributed by atoms with Gasteiger partial charge in [-0.2, -0.15) is 0 Å². The second-order valence-corrected chi connectivity index (χ2v) is 5.83. The molecule has 0 atom stereocenters. The third-order valence-electron chi connectivity index (χ3n) is 3.29. The topological polar surface area (TPSA) is 9.23 Å². The highest BCUT2D eigenvalue weighted by Crippen LogP contribution is 2.24. The lowest BCUT2D eigenvalue weighted by Gasteiger charge is -2.08. The Hall–Kier alpha value is -2.32. The third-order valence-corrected chi connectivity index (χ3v) is 4.16. The maximum Gasteiger partial charge on any atom is 0.127 e. The predicted octanol–water partition coefficient (Wildman–Crippen LogP) is 3.14. The summed E-state index contributed by atoms with van der Waals surface area (Å²) in [6.45, 7) is 0. The van der Waals surface area contributed by atoms with Gasteiger partial charge in [0.2, 0.25) is 0 Å². The fourth-order valence-electron chi connectivity index (χ4n) is 2.22. The number of hydrogen-bond acceptors (Lipinski definition) is 1. The lowest BCUT2D eigenvalue weighted by Crippen LogP contribution is -2.05. The molecule has 0 aliphatic heterocycles. The van der Waals surface area contributed by atoms with Crippen LogP contribution in [0.4, 0.5) is 0 Å². The van der Waals surface area contributed by atoms with Crippen molar-refractivity contribution in [3.05, 3.63) is 78.9 Å². The minimum absolute atomic E-state index is 0.864. The molecule has 0 saturated heterocycles. The maximum atomic E-state index is 5.81. The lowest BCUT2D eigenvalue weighted by molar-refractivity contribution is 0.483. The first-order chi connectivity index (χ1) is 9.83. The highest BCUT2D eigenvalue weighted by atomic mass is 28.1. The predicted molar refractivity (Wildman–Crippen MR) is 88.0 cm³/mol. The van der Waals surface area contributed by atoms with E-state index in [9.17, 15) is 0 Å². The number of hydrogen-bond donors (Lipinski definition) is 0. The monoisotopic (exact) mass is 276 g/mol. The van der Waals surface area contributed by atoms with E-state index in [2.05, 4.69) is 36.4 Å². The van der Waals surface area contributed by atoms with Crippen LogP contribution in [0.5, 0.6) is 11.5 Å². The van der Waals surface area contributed by atoms with Crippen molar-refractivity contribution in [2.75, 3.05) is 0 Å². The Balaban J connectivity index is 1.83. The molecule has 3 rings (SSSR count). The van der Waals surface area contributed by atoms with Crippen molar-refractivity contribution in [1.29, 1.82) is 0 Å². The van der Waals surface area contributed by atoms with Crippen LogP contribution < -0.4 is 9.92 Å². The van der Waals surface area contributed by atoms with Crippen LogP contribution in [0.3, 0.4) is 0 Å². The zero-order chi connectivity index (χ0) is 13.8. The highest BCUT2D eigenvalue weighted by molar-refractivity contribution is 6.35. The van der Waals surface area contributed by atoms with Crippen LogP contribution >= 0.6 is 0 Å². The summed E-state index contributed by atoms with van der Waals surface area (Å²) >= 11 is 0. The summed E-state index contributed by atoms with van der Waals surface area (Å²) in [6.07, 6.45) is 0. The molecule has 0 radical (unpaired) electrons. The van der Waals surface area contributed by atoms with E-state index in [0.29, 0.717) is 0 Å². The van der Waals surface area contributed by atoms with E-state index in [-0.39, 0.29) is 0 Å². The van der Waals surface area contributed by atoms with E-state index in [0.717, 1.165) is 21.7 Å². The zero-order valence-corrected chi connectivity index (χ0v) is 13.4. The molecule has 20 heavy (non-hydrogen) atoms. The quantitative estimate of drug-likeness (QED) is 0.668. The van der Waals surface area contributed by atoms with Crippen LogP contribution in [0.25, 0.3) is 11.1 Å². The normalized spacial score (nSPS) is 10.4. The highest BCUT2D eigenvalue weighted by Gasteiger charge is 2.01. The summed E-state index contributed by atoms with van der Waals surface area (Å²) in [5, 5.41) is 1.42. The Labute approximate surface area is 122 Å². The number of rotatable bonds is 3. The first kappa shape index (κ1) is 12.7. The smallest absolute Gasteiger partial charge is 0.127 e. The standard InChI is InChI=1S/C18H16OSi/c20-18-9-5-4-8-17(18)14-10-12-16(13-11-14)19-15-6-2-1-3-7-15/h1-13H,20H3.